The maximum Gasteiger partial charge on any atom is 0.170 e. The number of rotatable bonds is 5. The van der Waals surface area contributed by atoms with Gasteiger partial charge in [-0.1, -0.05) is 25.3 Å². The van der Waals surface area contributed by atoms with Crippen LogP contribution in [0.1, 0.15) is 78.4 Å². The van der Waals surface area contributed by atoms with Gasteiger partial charge in [0.15, 0.2) is 5.11 Å². The van der Waals surface area contributed by atoms with Crippen molar-refractivity contribution in [3.8, 4) is 0 Å². The lowest BCUT2D eigenvalue weighted by atomic mass is 9.94. The first kappa shape index (κ1) is 21.1. The highest BCUT2D eigenvalue weighted by Crippen LogP contribution is 2.43. The monoisotopic (exact) mass is 445 g/mol. The third kappa shape index (κ3) is 3.92. The van der Waals surface area contributed by atoms with Crippen LogP contribution in [0, 0.1) is 13.8 Å². The molecule has 0 bridgehead atoms. The average Bonchev–Trinajstić information content (AvgIpc) is 3.30. The molecule has 2 fully saturated rings. The fourth-order valence-electron chi connectivity index (χ4n) is 5.60. The largest absolute Gasteiger partial charge is 0.352 e. The number of hydrogen-bond acceptors (Lipinski definition) is 3. The average molecular weight is 446 g/mol. The molecule has 5 nitrogen and oxygen atoms in total. The molecule has 2 aliphatic rings. The molecule has 3 aromatic heterocycles. The topological polar surface area (TPSA) is 46.0 Å². The molecule has 1 saturated heterocycles. The summed E-state index contributed by atoms with van der Waals surface area (Å²) >= 11 is 5.87. The van der Waals surface area contributed by atoms with Crippen molar-refractivity contribution in [3.05, 3.63) is 83.2 Å². The van der Waals surface area contributed by atoms with Crippen LogP contribution in [-0.4, -0.2) is 24.5 Å². The highest BCUT2D eigenvalue weighted by Gasteiger charge is 2.41. The van der Waals surface area contributed by atoms with E-state index in [9.17, 15) is 0 Å². The molecule has 32 heavy (non-hydrogen) atoms. The molecule has 3 aromatic rings. The maximum absolute atomic E-state index is 5.87. The normalized spacial score (nSPS) is 21.7. The number of nitrogens with zero attached hydrogens (tertiary/aromatic N) is 4. The Morgan fingerprint density at radius 2 is 1.81 bits per heavy atom. The van der Waals surface area contributed by atoms with Crippen LogP contribution in [0.2, 0.25) is 0 Å². The van der Waals surface area contributed by atoms with Crippen LogP contribution in [-0.2, 0) is 6.54 Å². The molecule has 1 aliphatic carbocycles. The van der Waals surface area contributed by atoms with Crippen molar-refractivity contribution in [3.63, 3.8) is 0 Å². The van der Waals surface area contributed by atoms with E-state index in [2.05, 4.69) is 63.9 Å². The predicted molar refractivity (Wildman–Crippen MR) is 131 cm³/mol. The SMILES string of the molecule is Cc1cc([C@H]2[C@@H](c3ccccn3)NC(=S)N2Cc2ccncc2)c(C)n1C1CCCCC1. The highest BCUT2D eigenvalue weighted by atomic mass is 32.1. The Labute approximate surface area is 195 Å². The summed E-state index contributed by atoms with van der Waals surface area (Å²) < 4.78 is 2.59. The molecule has 1 aliphatic heterocycles. The van der Waals surface area contributed by atoms with Gasteiger partial charge in [-0.05, 0) is 80.4 Å². The Morgan fingerprint density at radius 3 is 2.53 bits per heavy atom. The number of nitrogens with one attached hydrogen (secondary N) is 1. The third-order valence-corrected chi connectivity index (χ3v) is 7.43. The lowest BCUT2D eigenvalue weighted by molar-refractivity contribution is 0.306. The number of thiocarbonyl (C=S) groups is 1. The molecule has 0 aromatic carbocycles. The number of aryl methyl sites for hydroxylation is 1. The molecule has 0 radical (unpaired) electrons. The Bertz CT molecular complexity index is 1070. The predicted octanol–water partition coefficient (Wildman–Crippen LogP) is 5.57. The van der Waals surface area contributed by atoms with Crippen LogP contribution >= 0.6 is 12.2 Å². The summed E-state index contributed by atoms with van der Waals surface area (Å²) in [5.74, 6) is 0. The molecule has 5 rings (SSSR count). The zero-order chi connectivity index (χ0) is 22.1. The Morgan fingerprint density at radius 1 is 1.03 bits per heavy atom. The molecule has 2 atom stereocenters. The van der Waals surface area contributed by atoms with Crippen molar-refractivity contribution in [1.29, 1.82) is 0 Å². The minimum absolute atomic E-state index is 0.0193. The summed E-state index contributed by atoms with van der Waals surface area (Å²) in [6.07, 6.45) is 12.2. The van der Waals surface area contributed by atoms with Gasteiger partial charge in [0.1, 0.15) is 0 Å². The smallest absolute Gasteiger partial charge is 0.170 e. The van der Waals surface area contributed by atoms with E-state index >= 15 is 0 Å². The summed E-state index contributed by atoms with van der Waals surface area (Å²) in [6, 6.07) is 13.4. The molecule has 166 valence electrons. The van der Waals surface area contributed by atoms with E-state index in [1.54, 1.807) is 0 Å². The molecule has 6 heteroatoms. The van der Waals surface area contributed by atoms with Crippen LogP contribution < -0.4 is 5.32 Å². The zero-order valence-electron chi connectivity index (χ0n) is 18.9. The number of hydrogen-bond donors (Lipinski definition) is 1. The molecule has 4 heterocycles. The third-order valence-electron chi connectivity index (χ3n) is 7.08. The van der Waals surface area contributed by atoms with E-state index in [-0.39, 0.29) is 12.1 Å². The lowest BCUT2D eigenvalue weighted by Gasteiger charge is -2.30. The van der Waals surface area contributed by atoms with Crippen molar-refractivity contribution >= 4 is 17.3 Å². The molecule has 0 amide bonds. The molecule has 1 N–H and O–H groups in total. The van der Waals surface area contributed by atoms with Gasteiger partial charge in [-0.15, -0.1) is 0 Å². The second kappa shape index (κ2) is 9.02. The minimum Gasteiger partial charge on any atom is -0.352 e. The van der Waals surface area contributed by atoms with Crippen LogP contribution in [0.4, 0.5) is 0 Å². The van der Waals surface area contributed by atoms with Gasteiger partial charge in [0, 0.05) is 42.6 Å². The summed E-state index contributed by atoms with van der Waals surface area (Å²) in [4.78, 5) is 11.2. The lowest BCUT2D eigenvalue weighted by Crippen LogP contribution is -2.29. The van der Waals surface area contributed by atoms with Crippen molar-refractivity contribution < 1.29 is 0 Å². The second-order valence-corrected chi connectivity index (χ2v) is 9.48. The van der Waals surface area contributed by atoms with Crippen molar-refractivity contribution in [2.24, 2.45) is 0 Å². The Balaban J connectivity index is 1.57. The first-order chi connectivity index (χ1) is 15.6. The summed E-state index contributed by atoms with van der Waals surface area (Å²) in [5.41, 5.74) is 6.30. The van der Waals surface area contributed by atoms with Crippen LogP contribution in [0.15, 0.2) is 55.0 Å². The number of pyridine rings is 2. The summed E-state index contributed by atoms with van der Waals surface area (Å²) in [6.45, 7) is 5.29. The van der Waals surface area contributed by atoms with Crippen molar-refractivity contribution in [2.75, 3.05) is 0 Å². The van der Waals surface area contributed by atoms with E-state index in [4.69, 9.17) is 17.2 Å². The van der Waals surface area contributed by atoms with E-state index in [0.717, 1.165) is 17.4 Å². The fourth-order valence-corrected chi connectivity index (χ4v) is 5.91. The fraction of sp³-hybridized carbons (Fsp3) is 0.423. The summed E-state index contributed by atoms with van der Waals surface area (Å²) in [7, 11) is 0. The molecular formula is C26H31N5S. The first-order valence-corrected chi connectivity index (χ1v) is 12.1. The summed E-state index contributed by atoms with van der Waals surface area (Å²) in [5, 5.41) is 4.38. The van der Waals surface area contributed by atoms with Crippen molar-refractivity contribution in [1.82, 2.24) is 24.8 Å². The van der Waals surface area contributed by atoms with Gasteiger partial charge in [-0.3, -0.25) is 9.97 Å². The van der Waals surface area contributed by atoms with Gasteiger partial charge < -0.3 is 14.8 Å². The van der Waals surface area contributed by atoms with E-state index < -0.39 is 0 Å². The molecule has 0 spiro atoms. The maximum atomic E-state index is 5.87. The quantitative estimate of drug-likeness (QED) is 0.520. The second-order valence-electron chi connectivity index (χ2n) is 9.10. The number of aromatic nitrogens is 3. The van der Waals surface area contributed by atoms with Crippen molar-refractivity contribution in [2.45, 2.75) is 70.6 Å². The van der Waals surface area contributed by atoms with Gasteiger partial charge in [0.25, 0.3) is 0 Å². The van der Waals surface area contributed by atoms with E-state index in [0.29, 0.717) is 6.04 Å². The van der Waals surface area contributed by atoms with Crippen LogP contribution in [0.5, 0.6) is 0 Å². The van der Waals surface area contributed by atoms with Gasteiger partial charge in [0.05, 0.1) is 17.8 Å². The van der Waals surface area contributed by atoms with Gasteiger partial charge in [-0.2, -0.15) is 0 Å². The van der Waals surface area contributed by atoms with Gasteiger partial charge >= 0.3 is 0 Å². The highest BCUT2D eigenvalue weighted by molar-refractivity contribution is 7.80. The minimum atomic E-state index is 0.0193. The van der Waals surface area contributed by atoms with Crippen LogP contribution in [0.3, 0.4) is 0 Å². The van der Waals surface area contributed by atoms with Gasteiger partial charge in [0.2, 0.25) is 0 Å². The van der Waals surface area contributed by atoms with E-state index in [1.165, 1.54) is 54.6 Å². The zero-order valence-corrected chi connectivity index (χ0v) is 19.7. The molecular weight excluding hydrogens is 414 g/mol. The van der Waals surface area contributed by atoms with Crippen LogP contribution in [0.25, 0.3) is 0 Å². The Hall–Kier alpha value is -2.73. The van der Waals surface area contributed by atoms with Gasteiger partial charge in [-0.25, -0.2) is 0 Å². The molecule has 0 unspecified atom stereocenters. The van der Waals surface area contributed by atoms with E-state index in [1.807, 2.05) is 24.7 Å². The Kier molecular flexibility index (Phi) is 5.96. The molecule has 1 saturated carbocycles. The first-order valence-electron chi connectivity index (χ1n) is 11.7. The standard InChI is InChI=1S/C26H31N5S/c1-18-16-22(19(2)31(18)21-8-4-3-5-9-21)25-24(23-10-6-7-13-28-23)29-26(32)30(25)17-20-11-14-27-15-12-20/h6-7,10-16,21,24-25H,3-5,8-9,17H2,1-2H3,(H,29,32)/t24-,25+/m1/s1.